The maximum absolute atomic E-state index is 11.4. The van der Waals surface area contributed by atoms with Gasteiger partial charge in [0.05, 0.1) is 5.41 Å². The van der Waals surface area contributed by atoms with E-state index in [1.54, 1.807) is 0 Å². The van der Waals surface area contributed by atoms with Gasteiger partial charge in [0, 0.05) is 5.54 Å². The van der Waals surface area contributed by atoms with E-state index in [0.29, 0.717) is 0 Å². The summed E-state index contributed by atoms with van der Waals surface area (Å²) < 4.78 is 0. The van der Waals surface area contributed by atoms with Crippen LogP contribution < -0.4 is 11.3 Å². The van der Waals surface area contributed by atoms with E-state index >= 15 is 0 Å². The number of hydrogen-bond donors (Lipinski definition) is 3. The van der Waals surface area contributed by atoms with E-state index in [4.69, 9.17) is 5.84 Å². The van der Waals surface area contributed by atoms with Crippen molar-refractivity contribution in [1.29, 1.82) is 0 Å². The zero-order valence-electron chi connectivity index (χ0n) is 9.25. The van der Waals surface area contributed by atoms with Crippen LogP contribution in [-0.2, 0) is 4.79 Å². The molecule has 4 heteroatoms. The predicted molar refractivity (Wildman–Crippen MR) is 57.0 cm³/mol. The van der Waals surface area contributed by atoms with Gasteiger partial charge >= 0.3 is 5.97 Å². The van der Waals surface area contributed by atoms with Crippen LogP contribution in [0.1, 0.15) is 45.4 Å². The largest absolute Gasteiger partial charge is 0.481 e. The van der Waals surface area contributed by atoms with E-state index in [1.165, 1.54) is 0 Å². The van der Waals surface area contributed by atoms with Crippen molar-refractivity contribution in [3.05, 3.63) is 0 Å². The molecule has 0 amide bonds. The first-order valence-electron chi connectivity index (χ1n) is 5.80. The second kappa shape index (κ2) is 3.46. The van der Waals surface area contributed by atoms with Crippen LogP contribution >= 0.6 is 0 Å². The lowest BCUT2D eigenvalue weighted by atomic mass is 9.51. The van der Waals surface area contributed by atoms with Crippen molar-refractivity contribution >= 4 is 5.97 Å². The summed E-state index contributed by atoms with van der Waals surface area (Å²) in [6.07, 6.45) is 5.25. The number of aliphatic carboxylic acids is 1. The van der Waals surface area contributed by atoms with Gasteiger partial charge in [0.2, 0.25) is 0 Å². The number of carboxylic acids is 1. The zero-order chi connectivity index (χ0) is 11.1. The Balaban J connectivity index is 2.27. The number of carboxylic acid groups (broad SMARTS) is 1. The highest BCUT2D eigenvalue weighted by atomic mass is 16.4. The fraction of sp³-hybridized carbons (Fsp3) is 0.909. The van der Waals surface area contributed by atoms with Crippen molar-refractivity contribution in [1.82, 2.24) is 5.43 Å². The maximum Gasteiger partial charge on any atom is 0.309 e. The summed E-state index contributed by atoms with van der Waals surface area (Å²) in [5.41, 5.74) is 2.51. The molecule has 3 aliphatic carbocycles. The summed E-state index contributed by atoms with van der Waals surface area (Å²) in [4.78, 5) is 11.4. The number of hydrogen-bond acceptors (Lipinski definition) is 3. The van der Waals surface area contributed by atoms with Gasteiger partial charge in [0.15, 0.2) is 0 Å². The Morgan fingerprint density at radius 1 is 1.47 bits per heavy atom. The van der Waals surface area contributed by atoms with Gasteiger partial charge in [0.25, 0.3) is 0 Å². The molecule has 86 valence electrons. The Kier molecular flexibility index (Phi) is 2.51. The van der Waals surface area contributed by atoms with E-state index in [0.717, 1.165) is 38.5 Å². The highest BCUT2D eigenvalue weighted by molar-refractivity contribution is 5.75. The van der Waals surface area contributed by atoms with Crippen LogP contribution in [0.4, 0.5) is 0 Å². The molecule has 1 unspecified atom stereocenters. The average molecular weight is 212 g/mol. The normalized spacial score (nSPS) is 44.3. The number of nitrogens with two attached hydrogens (primary N) is 1. The topological polar surface area (TPSA) is 75.3 Å². The predicted octanol–water partition coefficient (Wildman–Crippen LogP) is 1.26. The minimum absolute atomic E-state index is 0.0257. The molecule has 3 fully saturated rings. The van der Waals surface area contributed by atoms with Gasteiger partial charge in [-0.25, -0.2) is 0 Å². The summed E-state index contributed by atoms with van der Waals surface area (Å²) in [6.45, 7) is 2.08. The molecule has 4 nitrogen and oxygen atoms in total. The van der Waals surface area contributed by atoms with Crippen molar-refractivity contribution in [3.8, 4) is 0 Å². The minimum atomic E-state index is -0.598. The summed E-state index contributed by atoms with van der Waals surface area (Å²) >= 11 is 0. The van der Waals surface area contributed by atoms with Gasteiger partial charge in [-0.3, -0.25) is 16.1 Å². The smallest absolute Gasteiger partial charge is 0.309 e. The second-order valence-electron chi connectivity index (χ2n) is 5.20. The lowest BCUT2D eigenvalue weighted by Crippen LogP contribution is -2.62. The molecule has 0 saturated heterocycles. The van der Waals surface area contributed by atoms with Crippen LogP contribution in [0.2, 0.25) is 0 Å². The van der Waals surface area contributed by atoms with Crippen molar-refractivity contribution in [3.63, 3.8) is 0 Å². The van der Waals surface area contributed by atoms with Crippen LogP contribution in [-0.4, -0.2) is 16.6 Å². The number of carbonyl (C=O) groups is 1. The van der Waals surface area contributed by atoms with Gasteiger partial charge in [0.1, 0.15) is 0 Å². The molecule has 4 N–H and O–H groups in total. The highest BCUT2D eigenvalue weighted by Crippen LogP contribution is 2.56. The zero-order valence-corrected chi connectivity index (χ0v) is 9.25. The molecular weight excluding hydrogens is 192 g/mol. The quantitative estimate of drug-likeness (QED) is 0.486. The lowest BCUT2D eigenvalue weighted by molar-refractivity contribution is -0.164. The fourth-order valence-electron chi connectivity index (χ4n) is 3.58. The fourth-order valence-corrected chi connectivity index (χ4v) is 3.58. The molecule has 15 heavy (non-hydrogen) atoms. The van der Waals surface area contributed by atoms with Gasteiger partial charge in [-0.15, -0.1) is 0 Å². The third kappa shape index (κ3) is 1.39. The summed E-state index contributed by atoms with van der Waals surface area (Å²) in [7, 11) is 0. The number of rotatable bonds is 3. The second-order valence-corrected chi connectivity index (χ2v) is 5.20. The first-order valence-corrected chi connectivity index (χ1v) is 5.80. The molecule has 0 spiro atoms. The van der Waals surface area contributed by atoms with Crippen LogP contribution in [0.15, 0.2) is 0 Å². The number of hydrazine groups is 1. The van der Waals surface area contributed by atoms with Gasteiger partial charge in [-0.1, -0.05) is 13.3 Å². The van der Waals surface area contributed by atoms with E-state index in [2.05, 4.69) is 12.3 Å². The molecule has 0 heterocycles. The maximum atomic E-state index is 11.4. The van der Waals surface area contributed by atoms with E-state index in [1.807, 2.05) is 0 Å². The summed E-state index contributed by atoms with van der Waals surface area (Å²) in [6, 6.07) is 0. The molecule has 2 bridgehead atoms. The van der Waals surface area contributed by atoms with Crippen LogP contribution in [0.3, 0.4) is 0 Å². The minimum Gasteiger partial charge on any atom is -0.481 e. The van der Waals surface area contributed by atoms with Crippen LogP contribution in [0.25, 0.3) is 0 Å². The molecule has 0 aromatic carbocycles. The Bertz CT molecular complexity index is 270. The molecule has 3 rings (SSSR count). The van der Waals surface area contributed by atoms with Crippen molar-refractivity contribution in [2.45, 2.75) is 51.0 Å². The summed E-state index contributed by atoms with van der Waals surface area (Å²) in [5, 5.41) is 9.42. The molecular formula is C11H20N2O2. The Morgan fingerprint density at radius 3 is 2.47 bits per heavy atom. The van der Waals surface area contributed by atoms with Crippen LogP contribution in [0, 0.1) is 11.3 Å². The van der Waals surface area contributed by atoms with Gasteiger partial charge in [-0.05, 0) is 38.0 Å². The average Bonchev–Trinajstić information content (AvgIpc) is 2.30. The highest BCUT2D eigenvalue weighted by Gasteiger charge is 2.57. The Labute approximate surface area is 90.2 Å². The number of fused-ring (bicyclic) bond motifs is 3. The first-order chi connectivity index (χ1) is 7.08. The summed E-state index contributed by atoms with van der Waals surface area (Å²) in [5.74, 6) is 5.30. The van der Waals surface area contributed by atoms with Crippen LogP contribution in [0.5, 0.6) is 0 Å². The molecule has 0 radical (unpaired) electrons. The molecule has 0 aliphatic heterocycles. The molecule has 0 aromatic rings. The van der Waals surface area contributed by atoms with Crippen molar-refractivity contribution in [2.75, 3.05) is 0 Å². The van der Waals surface area contributed by atoms with E-state index in [9.17, 15) is 9.90 Å². The van der Waals surface area contributed by atoms with Crippen molar-refractivity contribution in [2.24, 2.45) is 17.2 Å². The van der Waals surface area contributed by atoms with Crippen molar-refractivity contribution < 1.29 is 9.90 Å². The third-order valence-corrected chi connectivity index (χ3v) is 4.74. The monoisotopic (exact) mass is 212 g/mol. The third-order valence-electron chi connectivity index (χ3n) is 4.74. The van der Waals surface area contributed by atoms with Gasteiger partial charge < -0.3 is 5.11 Å². The van der Waals surface area contributed by atoms with E-state index < -0.39 is 11.4 Å². The van der Waals surface area contributed by atoms with Gasteiger partial charge in [-0.2, -0.15) is 0 Å². The standard InChI is InChI=1S/C11H20N2O2/c1-2-8-7-10(13-12)3-5-11(8,6-4-10)9(14)15/h8,13H,2-7,12H2,1H3,(H,14,15). The number of nitrogens with one attached hydrogen (secondary N) is 1. The first kappa shape index (κ1) is 10.9. The molecule has 3 aliphatic rings. The lowest BCUT2D eigenvalue weighted by Gasteiger charge is -2.55. The van der Waals surface area contributed by atoms with E-state index in [-0.39, 0.29) is 11.5 Å². The SMILES string of the molecule is CCC1CC2(NN)CCC1(C(=O)O)CC2. The Hall–Kier alpha value is -0.610. The molecule has 0 aromatic heterocycles. The molecule has 1 atom stereocenters. The molecule has 3 saturated carbocycles. The Morgan fingerprint density at radius 2 is 2.07 bits per heavy atom.